The number of carbonyl (C=O) groups is 2. The standard InChI is InChI=1S/C31H48FN5O5/c32-25-26(33)24-28-30(27(25)34-6-3-7-35-8-12-40-13-9-35)42-23-17-20-5-2-1-4-19(20)16-22(23)37(28)18-21(29(24)38)31(39)36-10-14-41-15-11-36/h18-20,22-28,30,34H,1-17,33H2. The zero-order chi connectivity index (χ0) is 28.8. The van der Waals surface area contributed by atoms with Crippen molar-refractivity contribution in [1.29, 1.82) is 0 Å². The molecule has 11 heteroatoms. The number of ether oxygens (including phenoxy) is 3. The summed E-state index contributed by atoms with van der Waals surface area (Å²) in [5, 5.41) is 3.50. The van der Waals surface area contributed by atoms with Crippen LogP contribution in [0.5, 0.6) is 0 Å². The van der Waals surface area contributed by atoms with E-state index in [-0.39, 0.29) is 35.5 Å². The van der Waals surface area contributed by atoms with Crippen LogP contribution in [0, 0.1) is 17.8 Å². The molecule has 10 nitrogen and oxygen atoms in total. The second kappa shape index (κ2) is 12.4. The second-order valence-corrected chi connectivity index (χ2v) is 13.6. The van der Waals surface area contributed by atoms with E-state index in [1.165, 1.54) is 25.7 Å². The Morgan fingerprint density at radius 3 is 2.45 bits per heavy atom. The average Bonchev–Trinajstić information content (AvgIpc) is 3.03. The van der Waals surface area contributed by atoms with Gasteiger partial charge in [0.05, 0.1) is 68.3 Å². The van der Waals surface area contributed by atoms with Gasteiger partial charge in [0.25, 0.3) is 5.91 Å². The van der Waals surface area contributed by atoms with Crippen LogP contribution >= 0.6 is 0 Å². The van der Waals surface area contributed by atoms with Gasteiger partial charge in [-0.1, -0.05) is 25.7 Å². The van der Waals surface area contributed by atoms with Crippen molar-refractivity contribution in [3.63, 3.8) is 0 Å². The smallest absolute Gasteiger partial charge is 0.259 e. The van der Waals surface area contributed by atoms with E-state index >= 15 is 4.39 Å². The summed E-state index contributed by atoms with van der Waals surface area (Å²) in [6.45, 7) is 6.76. The number of alkyl halides is 1. The van der Waals surface area contributed by atoms with Gasteiger partial charge in [0.2, 0.25) is 0 Å². The first-order valence-electron chi connectivity index (χ1n) is 16.5. The van der Waals surface area contributed by atoms with Crippen molar-refractivity contribution >= 4 is 11.7 Å². The lowest BCUT2D eigenvalue weighted by Gasteiger charge is -2.62. The molecule has 0 spiro atoms. The van der Waals surface area contributed by atoms with Gasteiger partial charge in [0, 0.05) is 38.4 Å². The third-order valence-corrected chi connectivity index (χ3v) is 11.3. The molecule has 6 fully saturated rings. The Hall–Kier alpha value is -1.63. The number of ketones is 1. The number of nitrogens with one attached hydrogen (secondary N) is 1. The average molecular weight is 590 g/mol. The van der Waals surface area contributed by atoms with Crippen molar-refractivity contribution in [2.75, 3.05) is 65.7 Å². The number of nitrogens with two attached hydrogens (primary N) is 1. The van der Waals surface area contributed by atoms with Gasteiger partial charge >= 0.3 is 0 Å². The molecule has 0 aromatic rings. The lowest BCUT2D eigenvalue weighted by atomic mass is 9.64. The minimum absolute atomic E-state index is 0.0467. The van der Waals surface area contributed by atoms with E-state index in [0.717, 1.165) is 52.1 Å². The minimum Gasteiger partial charge on any atom is -0.379 e. The predicted octanol–water partition coefficient (Wildman–Crippen LogP) is 0.694. The van der Waals surface area contributed by atoms with E-state index < -0.39 is 30.3 Å². The molecular formula is C31H48FN5O5. The van der Waals surface area contributed by atoms with Crippen molar-refractivity contribution in [3.8, 4) is 0 Å². The number of carbonyl (C=O) groups excluding carboxylic acids is 2. The Labute approximate surface area is 248 Å². The number of hydrogen-bond donors (Lipinski definition) is 2. The summed E-state index contributed by atoms with van der Waals surface area (Å²) in [5.74, 6) is -0.162. The summed E-state index contributed by atoms with van der Waals surface area (Å²) in [5.41, 5.74) is 6.80. The van der Waals surface area contributed by atoms with Crippen LogP contribution in [-0.2, 0) is 23.8 Å². The van der Waals surface area contributed by atoms with Crippen molar-refractivity contribution in [2.24, 2.45) is 23.5 Å². The molecule has 3 N–H and O–H groups in total. The quantitative estimate of drug-likeness (QED) is 0.342. The zero-order valence-electron chi connectivity index (χ0n) is 24.7. The summed E-state index contributed by atoms with van der Waals surface area (Å²) in [7, 11) is 0. The summed E-state index contributed by atoms with van der Waals surface area (Å²) < 4.78 is 34.1. The maximum absolute atomic E-state index is 16.3. The van der Waals surface area contributed by atoms with Crippen molar-refractivity contribution in [2.45, 2.75) is 87.5 Å². The van der Waals surface area contributed by atoms with Crippen LogP contribution < -0.4 is 11.1 Å². The fraction of sp³-hybridized carbons (Fsp3) is 0.871. The monoisotopic (exact) mass is 589 g/mol. The molecule has 3 aliphatic carbocycles. The maximum Gasteiger partial charge on any atom is 0.259 e. The molecule has 0 bridgehead atoms. The normalized spacial score (nSPS) is 42.3. The van der Waals surface area contributed by atoms with Gasteiger partial charge in [0.1, 0.15) is 6.17 Å². The maximum atomic E-state index is 16.3. The van der Waals surface area contributed by atoms with Crippen LogP contribution in [0.1, 0.15) is 44.9 Å². The van der Waals surface area contributed by atoms with Gasteiger partial charge in [-0.05, 0) is 44.2 Å². The molecule has 10 atom stereocenters. The van der Waals surface area contributed by atoms with E-state index in [2.05, 4.69) is 15.1 Å². The second-order valence-electron chi connectivity index (χ2n) is 13.6. The number of nitrogens with zero attached hydrogens (tertiary/aromatic N) is 3. The number of amides is 1. The molecule has 0 radical (unpaired) electrons. The van der Waals surface area contributed by atoms with E-state index in [9.17, 15) is 9.59 Å². The Kier molecular flexibility index (Phi) is 8.59. The molecule has 0 aromatic heterocycles. The highest BCUT2D eigenvalue weighted by Gasteiger charge is 2.62. The van der Waals surface area contributed by atoms with Gasteiger partial charge in [-0.3, -0.25) is 14.5 Å². The van der Waals surface area contributed by atoms with Crippen LogP contribution in [-0.4, -0.2) is 135 Å². The van der Waals surface area contributed by atoms with Gasteiger partial charge in [-0.2, -0.15) is 0 Å². The molecule has 0 aromatic carbocycles. The fourth-order valence-electron chi connectivity index (χ4n) is 9.12. The van der Waals surface area contributed by atoms with Crippen molar-refractivity contribution in [1.82, 2.24) is 20.0 Å². The van der Waals surface area contributed by atoms with Crippen LogP contribution in [0.4, 0.5) is 4.39 Å². The molecule has 4 aliphatic heterocycles. The Bertz CT molecular complexity index is 1040. The third kappa shape index (κ3) is 5.32. The lowest BCUT2D eigenvalue weighted by molar-refractivity contribution is -0.211. The Morgan fingerprint density at radius 1 is 1.02 bits per heavy atom. The molecule has 10 unspecified atom stereocenters. The highest BCUT2D eigenvalue weighted by molar-refractivity contribution is 6.20. The number of rotatable bonds is 6. The summed E-state index contributed by atoms with van der Waals surface area (Å²) in [4.78, 5) is 34.1. The highest BCUT2D eigenvalue weighted by atomic mass is 19.1. The summed E-state index contributed by atoms with van der Waals surface area (Å²) in [6, 6.07) is -1.92. The number of halogens is 1. The number of morpholine rings is 3. The summed E-state index contributed by atoms with van der Waals surface area (Å²) in [6.07, 6.45) is 7.63. The first kappa shape index (κ1) is 29.1. The fourth-order valence-corrected chi connectivity index (χ4v) is 9.12. The number of Topliss-reactive ketones (excluding diaryl/α,β-unsaturated/α-hetero) is 1. The van der Waals surface area contributed by atoms with Crippen LogP contribution in [0.3, 0.4) is 0 Å². The lowest BCUT2D eigenvalue weighted by Crippen LogP contribution is -2.77. The molecule has 3 saturated carbocycles. The van der Waals surface area contributed by atoms with Crippen molar-refractivity contribution in [3.05, 3.63) is 11.8 Å². The predicted molar refractivity (Wildman–Crippen MR) is 153 cm³/mol. The molecule has 7 rings (SSSR count). The summed E-state index contributed by atoms with van der Waals surface area (Å²) >= 11 is 0. The molecule has 4 heterocycles. The molecule has 1 amide bonds. The molecule has 7 aliphatic rings. The minimum atomic E-state index is -1.45. The van der Waals surface area contributed by atoms with Crippen LogP contribution in [0.2, 0.25) is 0 Å². The third-order valence-electron chi connectivity index (χ3n) is 11.3. The highest BCUT2D eigenvalue weighted by Crippen LogP contribution is 2.50. The molecule has 234 valence electrons. The Balaban J connectivity index is 1.16. The van der Waals surface area contributed by atoms with E-state index in [1.807, 2.05) is 6.20 Å². The first-order chi connectivity index (χ1) is 20.5. The van der Waals surface area contributed by atoms with Gasteiger partial charge in [-0.15, -0.1) is 0 Å². The topological polar surface area (TPSA) is 110 Å². The number of hydrogen-bond acceptors (Lipinski definition) is 9. The van der Waals surface area contributed by atoms with Gasteiger partial charge in [0.15, 0.2) is 5.78 Å². The number of fused-ring (bicyclic) bond motifs is 3. The van der Waals surface area contributed by atoms with E-state index in [0.29, 0.717) is 44.7 Å². The van der Waals surface area contributed by atoms with Crippen molar-refractivity contribution < 1.29 is 28.2 Å². The molecule has 42 heavy (non-hydrogen) atoms. The van der Waals surface area contributed by atoms with Crippen LogP contribution in [0.25, 0.3) is 0 Å². The van der Waals surface area contributed by atoms with Crippen LogP contribution in [0.15, 0.2) is 11.8 Å². The first-order valence-corrected chi connectivity index (χ1v) is 16.5. The van der Waals surface area contributed by atoms with Gasteiger partial charge in [-0.25, -0.2) is 4.39 Å². The van der Waals surface area contributed by atoms with E-state index in [1.54, 1.807) is 4.90 Å². The zero-order valence-corrected chi connectivity index (χ0v) is 24.7. The Morgan fingerprint density at radius 2 is 1.71 bits per heavy atom. The van der Waals surface area contributed by atoms with Gasteiger partial charge < -0.3 is 35.1 Å². The molecular weight excluding hydrogens is 541 g/mol. The SMILES string of the molecule is NC1C(F)C(NCCCN2CCOCC2)C2OC3CC4CCCCC4CC3N3C=C(C(=O)N4CCOCC4)C(=O)C1C23. The van der Waals surface area contributed by atoms with E-state index in [4.69, 9.17) is 19.9 Å². The molecule has 3 saturated heterocycles. The largest absolute Gasteiger partial charge is 0.379 e.